The van der Waals surface area contributed by atoms with Crippen molar-refractivity contribution in [2.75, 3.05) is 6.61 Å². The molecule has 2 nitrogen and oxygen atoms in total. The van der Waals surface area contributed by atoms with Gasteiger partial charge in [0.05, 0.1) is 6.61 Å². The maximum absolute atomic E-state index is 11.4. The van der Waals surface area contributed by atoms with Crippen LogP contribution in [-0.4, -0.2) is 12.6 Å². The van der Waals surface area contributed by atoms with E-state index in [1.165, 1.54) is 44.9 Å². The molecule has 4 aliphatic carbocycles. The van der Waals surface area contributed by atoms with Crippen LogP contribution in [0.3, 0.4) is 0 Å². The fourth-order valence-electron chi connectivity index (χ4n) is 6.72. The molecule has 2 heteroatoms. The highest BCUT2D eigenvalue weighted by molar-refractivity contribution is 5.65. The molecule has 0 aliphatic heterocycles. The standard InChI is InChI=1S/C21H30O2/c1-15(22)23-14-21-12-5-7-19(21)17-9-8-16-6-3-4-11-20(16,2)18(17)10-13-21/h3-4,6,11,16-19H,5,7-10,12-14H2,1-2H3/t16?,17-,18+,19+,20+,21+/m1/s1. The van der Waals surface area contributed by atoms with Crippen molar-refractivity contribution in [3.05, 3.63) is 24.3 Å². The zero-order valence-corrected chi connectivity index (χ0v) is 14.6. The highest BCUT2D eigenvalue weighted by Crippen LogP contribution is 2.64. The third-order valence-electron chi connectivity index (χ3n) is 7.84. The van der Waals surface area contributed by atoms with Gasteiger partial charge in [-0.15, -0.1) is 0 Å². The van der Waals surface area contributed by atoms with E-state index < -0.39 is 0 Å². The maximum Gasteiger partial charge on any atom is 0.302 e. The number of carbonyl (C=O) groups excluding carboxylic acids is 1. The van der Waals surface area contributed by atoms with Crippen LogP contribution in [0.2, 0.25) is 0 Å². The molecule has 126 valence electrons. The first-order valence-electron chi connectivity index (χ1n) is 9.55. The summed E-state index contributed by atoms with van der Waals surface area (Å²) in [6, 6.07) is 0. The van der Waals surface area contributed by atoms with Gasteiger partial charge in [0, 0.05) is 12.3 Å². The summed E-state index contributed by atoms with van der Waals surface area (Å²) in [6.07, 6.45) is 18.7. The second-order valence-electron chi connectivity index (χ2n) is 8.74. The Kier molecular flexibility index (Phi) is 3.70. The van der Waals surface area contributed by atoms with Crippen LogP contribution in [0.25, 0.3) is 0 Å². The summed E-state index contributed by atoms with van der Waals surface area (Å²) in [7, 11) is 0. The quantitative estimate of drug-likeness (QED) is 0.677. The number of esters is 1. The summed E-state index contributed by atoms with van der Waals surface area (Å²) < 4.78 is 5.53. The van der Waals surface area contributed by atoms with Gasteiger partial charge in [-0.2, -0.15) is 0 Å². The molecule has 4 aliphatic rings. The number of hydrogen-bond donors (Lipinski definition) is 0. The van der Waals surface area contributed by atoms with Crippen molar-refractivity contribution in [3.8, 4) is 0 Å². The molecule has 0 aromatic rings. The zero-order valence-electron chi connectivity index (χ0n) is 14.6. The summed E-state index contributed by atoms with van der Waals surface area (Å²) in [5, 5.41) is 0. The van der Waals surface area contributed by atoms with Gasteiger partial charge in [-0.1, -0.05) is 37.6 Å². The smallest absolute Gasteiger partial charge is 0.302 e. The molecule has 0 bridgehead atoms. The number of carbonyl (C=O) groups is 1. The van der Waals surface area contributed by atoms with Gasteiger partial charge in [0.25, 0.3) is 0 Å². The molecule has 6 atom stereocenters. The SMILES string of the molecule is CC(=O)OC[C@@]12CCC[C@H]1[C@@H]1CCC3C=CC=C[C@]3(C)[C@H]1CC2. The van der Waals surface area contributed by atoms with E-state index in [0.29, 0.717) is 17.4 Å². The Morgan fingerprint density at radius 1 is 1.13 bits per heavy atom. The summed E-state index contributed by atoms with van der Waals surface area (Å²) in [6.45, 7) is 4.73. The second kappa shape index (κ2) is 5.50. The molecule has 0 amide bonds. The molecule has 0 aromatic carbocycles. The first kappa shape index (κ1) is 15.5. The van der Waals surface area contributed by atoms with E-state index in [1.54, 1.807) is 6.92 Å². The van der Waals surface area contributed by atoms with Crippen LogP contribution >= 0.6 is 0 Å². The molecular formula is C21H30O2. The van der Waals surface area contributed by atoms with Crippen LogP contribution in [-0.2, 0) is 9.53 Å². The summed E-state index contributed by atoms with van der Waals surface area (Å²) >= 11 is 0. The van der Waals surface area contributed by atoms with E-state index >= 15 is 0 Å². The predicted octanol–water partition coefficient (Wildman–Crippen LogP) is 4.90. The summed E-state index contributed by atoms with van der Waals surface area (Å²) in [5.41, 5.74) is 0.651. The van der Waals surface area contributed by atoms with Gasteiger partial charge in [0.1, 0.15) is 0 Å². The Hall–Kier alpha value is -1.05. The van der Waals surface area contributed by atoms with Gasteiger partial charge >= 0.3 is 5.97 Å². The number of fused-ring (bicyclic) bond motifs is 5. The van der Waals surface area contributed by atoms with Gasteiger partial charge in [-0.25, -0.2) is 0 Å². The van der Waals surface area contributed by atoms with Crippen molar-refractivity contribution in [1.29, 1.82) is 0 Å². The minimum absolute atomic E-state index is 0.108. The molecule has 1 unspecified atom stereocenters. The van der Waals surface area contributed by atoms with Crippen molar-refractivity contribution in [2.24, 2.45) is 34.5 Å². The second-order valence-corrected chi connectivity index (χ2v) is 8.74. The first-order chi connectivity index (χ1) is 11.1. The van der Waals surface area contributed by atoms with Crippen molar-refractivity contribution >= 4 is 5.97 Å². The minimum Gasteiger partial charge on any atom is -0.465 e. The van der Waals surface area contributed by atoms with E-state index in [-0.39, 0.29) is 5.97 Å². The molecule has 3 saturated carbocycles. The highest BCUT2D eigenvalue weighted by Gasteiger charge is 2.57. The predicted molar refractivity (Wildman–Crippen MR) is 91.7 cm³/mol. The van der Waals surface area contributed by atoms with Crippen molar-refractivity contribution < 1.29 is 9.53 Å². The number of ether oxygens (including phenoxy) is 1. The number of rotatable bonds is 2. The van der Waals surface area contributed by atoms with Gasteiger partial charge in [0.2, 0.25) is 0 Å². The van der Waals surface area contributed by atoms with Crippen LogP contribution < -0.4 is 0 Å². The maximum atomic E-state index is 11.4. The van der Waals surface area contributed by atoms with Crippen molar-refractivity contribution in [3.63, 3.8) is 0 Å². The number of allylic oxidation sites excluding steroid dienone is 4. The average Bonchev–Trinajstić information content (AvgIpc) is 2.97. The third kappa shape index (κ3) is 2.32. The van der Waals surface area contributed by atoms with Crippen LogP contribution in [0.5, 0.6) is 0 Å². The Balaban J connectivity index is 1.60. The van der Waals surface area contributed by atoms with E-state index in [0.717, 1.165) is 23.7 Å². The lowest BCUT2D eigenvalue weighted by atomic mass is 9.47. The van der Waals surface area contributed by atoms with E-state index in [1.807, 2.05) is 0 Å². The lowest BCUT2D eigenvalue weighted by Gasteiger charge is -2.58. The largest absolute Gasteiger partial charge is 0.465 e. The fraction of sp³-hybridized carbons (Fsp3) is 0.762. The molecule has 0 N–H and O–H groups in total. The van der Waals surface area contributed by atoms with Gasteiger partial charge in [0.15, 0.2) is 0 Å². The third-order valence-corrected chi connectivity index (χ3v) is 7.84. The molecular weight excluding hydrogens is 284 g/mol. The monoisotopic (exact) mass is 314 g/mol. The topological polar surface area (TPSA) is 26.3 Å². The zero-order chi connectivity index (χ0) is 16.1. The average molecular weight is 314 g/mol. The molecule has 23 heavy (non-hydrogen) atoms. The first-order valence-corrected chi connectivity index (χ1v) is 9.55. The van der Waals surface area contributed by atoms with Crippen molar-refractivity contribution in [2.45, 2.75) is 58.8 Å². The Labute approximate surface area is 140 Å². The van der Waals surface area contributed by atoms with Crippen molar-refractivity contribution in [1.82, 2.24) is 0 Å². The Morgan fingerprint density at radius 3 is 2.83 bits per heavy atom. The highest BCUT2D eigenvalue weighted by atomic mass is 16.5. The number of hydrogen-bond acceptors (Lipinski definition) is 2. The Morgan fingerprint density at radius 2 is 2.00 bits per heavy atom. The molecule has 0 spiro atoms. The van der Waals surface area contributed by atoms with Crippen LogP contribution in [0.4, 0.5) is 0 Å². The van der Waals surface area contributed by atoms with Gasteiger partial charge in [-0.05, 0) is 67.6 Å². The lowest BCUT2D eigenvalue weighted by molar-refractivity contribution is -0.150. The van der Waals surface area contributed by atoms with E-state index in [9.17, 15) is 4.79 Å². The molecule has 4 rings (SSSR count). The van der Waals surface area contributed by atoms with E-state index in [4.69, 9.17) is 4.74 Å². The fourth-order valence-corrected chi connectivity index (χ4v) is 6.72. The molecule has 0 heterocycles. The van der Waals surface area contributed by atoms with Crippen LogP contribution in [0.1, 0.15) is 58.8 Å². The molecule has 0 aromatic heterocycles. The normalized spacial score (nSPS) is 47.6. The summed E-state index contributed by atoms with van der Waals surface area (Å²) in [4.78, 5) is 11.4. The van der Waals surface area contributed by atoms with Crippen LogP contribution in [0, 0.1) is 34.5 Å². The summed E-state index contributed by atoms with van der Waals surface area (Å²) in [5.74, 6) is 3.05. The lowest BCUT2D eigenvalue weighted by Crippen LogP contribution is -2.52. The molecule has 0 radical (unpaired) electrons. The Bertz CT molecular complexity index is 548. The molecule has 0 saturated heterocycles. The van der Waals surface area contributed by atoms with Gasteiger partial charge < -0.3 is 4.74 Å². The van der Waals surface area contributed by atoms with Gasteiger partial charge in [-0.3, -0.25) is 4.79 Å². The molecule has 3 fully saturated rings. The van der Waals surface area contributed by atoms with Crippen LogP contribution in [0.15, 0.2) is 24.3 Å². The minimum atomic E-state index is -0.108. The van der Waals surface area contributed by atoms with E-state index in [2.05, 4.69) is 31.2 Å².